The molecule has 1 aliphatic rings. The van der Waals surface area contributed by atoms with Crippen LogP contribution in [0.5, 0.6) is 0 Å². The van der Waals surface area contributed by atoms with Gasteiger partial charge in [0, 0.05) is 6.54 Å². The van der Waals surface area contributed by atoms with Crippen LogP contribution in [-0.4, -0.2) is 47.8 Å². The van der Waals surface area contributed by atoms with E-state index in [9.17, 15) is 9.59 Å². The van der Waals surface area contributed by atoms with Crippen LogP contribution in [0, 0.1) is 0 Å². The van der Waals surface area contributed by atoms with E-state index in [-0.39, 0.29) is 19.1 Å². The molecular weight excluding hydrogens is 360 g/mol. The number of esters is 1. The van der Waals surface area contributed by atoms with Crippen LogP contribution >= 0.6 is 23.1 Å². The fourth-order valence-corrected chi connectivity index (χ4v) is 4.14. The highest BCUT2D eigenvalue weighted by atomic mass is 32.2. The summed E-state index contributed by atoms with van der Waals surface area (Å²) in [5.74, 6) is 0.104. The molecule has 3 heterocycles. The van der Waals surface area contributed by atoms with E-state index in [0.717, 1.165) is 24.8 Å². The molecule has 0 unspecified atom stereocenters. The fourth-order valence-electron chi connectivity index (χ4n) is 2.70. The molecule has 0 atom stereocenters. The van der Waals surface area contributed by atoms with Crippen LogP contribution in [0.1, 0.15) is 36.4 Å². The van der Waals surface area contributed by atoms with Crippen LogP contribution in [0.3, 0.4) is 0 Å². The van der Waals surface area contributed by atoms with Gasteiger partial charge in [-0.2, -0.15) is 0 Å². The highest BCUT2D eigenvalue weighted by Gasteiger charge is 2.30. The third kappa shape index (κ3) is 3.43. The minimum atomic E-state index is -0.445. The molecule has 2 aromatic rings. The lowest BCUT2D eigenvalue weighted by Gasteiger charge is -2.21. The molecule has 0 saturated heterocycles. The second kappa shape index (κ2) is 7.57. The molecule has 134 valence electrons. The SMILES string of the molecule is CCCCN1CC(=O)Nc2c(C(=O)OCC)sc3nc(SC)nc1c23. The van der Waals surface area contributed by atoms with E-state index in [4.69, 9.17) is 4.74 Å². The van der Waals surface area contributed by atoms with Crippen molar-refractivity contribution in [2.45, 2.75) is 31.8 Å². The number of thioether (sulfide) groups is 1. The van der Waals surface area contributed by atoms with Gasteiger partial charge < -0.3 is 15.0 Å². The molecule has 9 heteroatoms. The average Bonchev–Trinajstić information content (AvgIpc) is 2.89. The molecule has 0 radical (unpaired) electrons. The highest BCUT2D eigenvalue weighted by Crippen LogP contribution is 2.42. The van der Waals surface area contributed by atoms with E-state index in [1.165, 1.54) is 23.1 Å². The zero-order valence-electron chi connectivity index (χ0n) is 14.4. The number of carbonyl (C=O) groups is 2. The molecule has 0 saturated carbocycles. The van der Waals surface area contributed by atoms with E-state index in [2.05, 4.69) is 22.2 Å². The Morgan fingerprint density at radius 2 is 2.20 bits per heavy atom. The molecular formula is C16H20N4O3S2. The number of amides is 1. The lowest BCUT2D eigenvalue weighted by atomic mass is 10.2. The summed E-state index contributed by atoms with van der Waals surface area (Å²) >= 11 is 2.68. The van der Waals surface area contributed by atoms with Gasteiger partial charge in [-0.3, -0.25) is 4.79 Å². The first-order valence-corrected chi connectivity index (χ1v) is 10.2. The lowest BCUT2D eigenvalue weighted by Crippen LogP contribution is -2.33. The maximum absolute atomic E-state index is 12.4. The molecule has 0 aliphatic carbocycles. The minimum absolute atomic E-state index is 0.162. The molecule has 0 bridgehead atoms. The van der Waals surface area contributed by atoms with Gasteiger partial charge in [-0.25, -0.2) is 14.8 Å². The standard InChI is InChI=1S/C16H20N4O3S2/c1-4-6-7-20-8-9(21)17-11-10-13(20)18-16(24-3)19-14(10)25-12(11)15(22)23-5-2/h4-8H2,1-3H3,(H,17,21). The van der Waals surface area contributed by atoms with Crippen molar-refractivity contribution in [1.29, 1.82) is 0 Å². The van der Waals surface area contributed by atoms with Crippen LogP contribution in [0.15, 0.2) is 5.16 Å². The smallest absolute Gasteiger partial charge is 0.350 e. The molecule has 0 fully saturated rings. The van der Waals surface area contributed by atoms with Gasteiger partial charge in [0.1, 0.15) is 15.5 Å². The number of aromatic nitrogens is 2. The van der Waals surface area contributed by atoms with Gasteiger partial charge in [0.2, 0.25) is 5.91 Å². The van der Waals surface area contributed by atoms with Crippen molar-refractivity contribution in [2.24, 2.45) is 0 Å². The number of hydrogen-bond donors (Lipinski definition) is 1. The number of nitrogens with zero attached hydrogens (tertiary/aromatic N) is 3. The second-order valence-electron chi connectivity index (χ2n) is 5.56. The maximum Gasteiger partial charge on any atom is 0.350 e. The van der Waals surface area contributed by atoms with Crippen LogP contribution in [0.4, 0.5) is 11.5 Å². The average molecular weight is 380 g/mol. The first-order chi connectivity index (χ1) is 12.1. The maximum atomic E-state index is 12.4. The van der Waals surface area contributed by atoms with Crippen molar-refractivity contribution >= 4 is 56.7 Å². The monoisotopic (exact) mass is 380 g/mol. The largest absolute Gasteiger partial charge is 0.462 e. The summed E-state index contributed by atoms with van der Waals surface area (Å²) in [5, 5.41) is 4.22. The zero-order chi connectivity index (χ0) is 18.0. The molecule has 7 nitrogen and oxygen atoms in total. The molecule has 1 aliphatic heterocycles. The van der Waals surface area contributed by atoms with Crippen molar-refractivity contribution in [3.05, 3.63) is 4.88 Å². The predicted molar refractivity (Wildman–Crippen MR) is 101 cm³/mol. The third-order valence-corrected chi connectivity index (χ3v) is 5.45. The molecule has 1 N–H and O–H groups in total. The van der Waals surface area contributed by atoms with Gasteiger partial charge in [0.15, 0.2) is 5.16 Å². The van der Waals surface area contributed by atoms with Crippen LogP contribution in [0.25, 0.3) is 10.2 Å². The quantitative estimate of drug-likeness (QED) is 0.468. The molecule has 0 aromatic carbocycles. The van der Waals surface area contributed by atoms with Gasteiger partial charge in [0.25, 0.3) is 0 Å². The van der Waals surface area contributed by atoms with E-state index >= 15 is 0 Å². The van der Waals surface area contributed by atoms with E-state index in [1.807, 2.05) is 11.2 Å². The molecule has 1 amide bonds. The molecule has 0 spiro atoms. The Morgan fingerprint density at radius 3 is 2.88 bits per heavy atom. The highest BCUT2D eigenvalue weighted by molar-refractivity contribution is 7.98. The number of hydrogen-bond acceptors (Lipinski definition) is 8. The van der Waals surface area contributed by atoms with Gasteiger partial charge in [-0.15, -0.1) is 11.3 Å². The van der Waals surface area contributed by atoms with Crippen molar-refractivity contribution in [2.75, 3.05) is 36.2 Å². The van der Waals surface area contributed by atoms with Gasteiger partial charge in [-0.1, -0.05) is 25.1 Å². The Balaban J connectivity index is 2.21. The number of thiophene rings is 1. The molecule has 3 rings (SSSR count). The topological polar surface area (TPSA) is 84.4 Å². The summed E-state index contributed by atoms with van der Waals surface area (Å²) in [6, 6.07) is 0. The molecule has 25 heavy (non-hydrogen) atoms. The van der Waals surface area contributed by atoms with Crippen LogP contribution in [0.2, 0.25) is 0 Å². The summed E-state index contributed by atoms with van der Waals surface area (Å²) in [6.07, 6.45) is 3.88. The summed E-state index contributed by atoms with van der Waals surface area (Å²) in [7, 11) is 0. The Kier molecular flexibility index (Phi) is 5.43. The van der Waals surface area contributed by atoms with Crippen molar-refractivity contribution in [3.63, 3.8) is 0 Å². The Morgan fingerprint density at radius 1 is 1.40 bits per heavy atom. The first kappa shape index (κ1) is 17.9. The van der Waals surface area contributed by atoms with E-state index < -0.39 is 5.97 Å². The number of carbonyl (C=O) groups excluding carboxylic acids is 2. The Labute approximate surface area is 154 Å². The molecule has 2 aromatic heterocycles. The number of rotatable bonds is 6. The number of nitrogens with one attached hydrogen (secondary N) is 1. The van der Waals surface area contributed by atoms with E-state index in [1.54, 1.807) is 6.92 Å². The van der Waals surface area contributed by atoms with Gasteiger partial charge >= 0.3 is 5.97 Å². The normalized spacial score (nSPS) is 13.7. The number of unbranched alkanes of at least 4 members (excludes halogenated alkanes) is 1. The zero-order valence-corrected chi connectivity index (χ0v) is 16.1. The Hall–Kier alpha value is -1.87. The minimum Gasteiger partial charge on any atom is -0.462 e. The van der Waals surface area contributed by atoms with Crippen molar-refractivity contribution in [3.8, 4) is 0 Å². The summed E-state index contributed by atoms with van der Waals surface area (Å²) in [4.78, 5) is 36.9. The summed E-state index contributed by atoms with van der Waals surface area (Å²) < 4.78 is 5.14. The summed E-state index contributed by atoms with van der Waals surface area (Å²) in [6.45, 7) is 5.08. The van der Waals surface area contributed by atoms with Crippen LogP contribution in [-0.2, 0) is 9.53 Å². The fraction of sp³-hybridized carbons (Fsp3) is 0.500. The Bertz CT molecular complexity index is 821. The lowest BCUT2D eigenvalue weighted by molar-refractivity contribution is -0.114. The van der Waals surface area contributed by atoms with Crippen LogP contribution < -0.4 is 10.2 Å². The predicted octanol–water partition coefficient (Wildman–Crippen LogP) is 3.15. The van der Waals surface area contributed by atoms with Gasteiger partial charge in [0.05, 0.1) is 24.2 Å². The first-order valence-electron chi connectivity index (χ1n) is 8.19. The summed E-state index contributed by atoms with van der Waals surface area (Å²) in [5.41, 5.74) is 0.477. The van der Waals surface area contributed by atoms with Gasteiger partial charge in [-0.05, 0) is 19.6 Å². The third-order valence-electron chi connectivity index (χ3n) is 3.84. The van der Waals surface area contributed by atoms with Crippen molar-refractivity contribution in [1.82, 2.24) is 9.97 Å². The van der Waals surface area contributed by atoms with E-state index in [0.29, 0.717) is 26.4 Å². The van der Waals surface area contributed by atoms with Crippen molar-refractivity contribution < 1.29 is 14.3 Å². The number of ether oxygens (including phenoxy) is 1. The number of anilines is 2. The second-order valence-corrected chi connectivity index (χ2v) is 7.34.